The normalized spacial score (nSPS) is 17.8. The van der Waals surface area contributed by atoms with E-state index >= 15 is 0 Å². The van der Waals surface area contributed by atoms with Crippen molar-refractivity contribution < 1.29 is 17.9 Å². The summed E-state index contributed by atoms with van der Waals surface area (Å²) < 4.78 is 29.1. The molecule has 1 atom stereocenters. The maximum Gasteiger partial charge on any atom is 0.242 e. The Labute approximate surface area is 173 Å². The van der Waals surface area contributed by atoms with Crippen LogP contribution in [0.2, 0.25) is 0 Å². The number of hydrogen-bond donors (Lipinski definition) is 0. The number of anilines is 1. The molecule has 1 unspecified atom stereocenters. The fraction of sp³-hybridized carbons (Fsp3) is 0.409. The standard InChI is InChI=1S/C22H28N2O4S/c1-28-14-13-24(21-12-15-29(26,27)18-21)22(25)17-23(20-10-6-3-7-11-20)16-19-8-4-2-5-9-19/h2-11,21H,12-18H2,1H3. The van der Waals surface area contributed by atoms with Gasteiger partial charge in [0.25, 0.3) is 0 Å². The highest BCUT2D eigenvalue weighted by Crippen LogP contribution is 2.21. The summed E-state index contributed by atoms with van der Waals surface area (Å²) in [6.45, 7) is 1.55. The highest BCUT2D eigenvalue weighted by Gasteiger charge is 2.34. The van der Waals surface area contributed by atoms with E-state index in [1.165, 1.54) is 0 Å². The number of carbonyl (C=O) groups excluding carboxylic acids is 1. The van der Waals surface area contributed by atoms with Gasteiger partial charge in [0.05, 0.1) is 24.7 Å². The largest absolute Gasteiger partial charge is 0.383 e. The van der Waals surface area contributed by atoms with Crippen molar-refractivity contribution in [3.05, 3.63) is 66.2 Å². The number of sulfone groups is 1. The molecule has 1 saturated heterocycles. The Hall–Kier alpha value is -2.38. The van der Waals surface area contributed by atoms with Crippen LogP contribution in [0.3, 0.4) is 0 Å². The number of carbonyl (C=O) groups is 1. The van der Waals surface area contributed by atoms with Crippen molar-refractivity contribution in [3.8, 4) is 0 Å². The maximum atomic E-state index is 13.3. The summed E-state index contributed by atoms with van der Waals surface area (Å²) in [5.41, 5.74) is 2.06. The van der Waals surface area contributed by atoms with Crippen molar-refractivity contribution in [1.82, 2.24) is 4.90 Å². The van der Waals surface area contributed by atoms with Crippen LogP contribution < -0.4 is 4.90 Å². The number of ether oxygens (including phenoxy) is 1. The van der Waals surface area contributed by atoms with Gasteiger partial charge >= 0.3 is 0 Å². The van der Waals surface area contributed by atoms with E-state index in [2.05, 4.69) is 0 Å². The first kappa shape index (κ1) is 21.3. The Morgan fingerprint density at radius 3 is 2.31 bits per heavy atom. The Balaban J connectivity index is 1.79. The number of nitrogens with zero attached hydrogens (tertiary/aromatic N) is 2. The second kappa shape index (κ2) is 9.89. The van der Waals surface area contributed by atoms with Gasteiger partial charge in [-0.1, -0.05) is 48.5 Å². The lowest BCUT2D eigenvalue weighted by molar-refractivity contribution is -0.132. The summed E-state index contributed by atoms with van der Waals surface area (Å²) in [6, 6.07) is 19.5. The zero-order valence-electron chi connectivity index (χ0n) is 16.7. The molecule has 0 N–H and O–H groups in total. The van der Waals surface area contributed by atoms with Crippen LogP contribution in [0.4, 0.5) is 5.69 Å². The minimum Gasteiger partial charge on any atom is -0.383 e. The molecule has 3 rings (SSSR count). The lowest BCUT2D eigenvalue weighted by Gasteiger charge is -2.32. The minimum atomic E-state index is -3.08. The quantitative estimate of drug-likeness (QED) is 0.628. The maximum absolute atomic E-state index is 13.3. The molecular weight excluding hydrogens is 388 g/mol. The van der Waals surface area contributed by atoms with Crippen LogP contribution in [0.15, 0.2) is 60.7 Å². The highest BCUT2D eigenvalue weighted by atomic mass is 32.2. The van der Waals surface area contributed by atoms with Gasteiger partial charge in [-0.25, -0.2) is 8.42 Å². The molecule has 1 aliphatic rings. The van der Waals surface area contributed by atoms with Crippen LogP contribution in [0.25, 0.3) is 0 Å². The fourth-order valence-corrected chi connectivity index (χ4v) is 5.39. The van der Waals surface area contributed by atoms with Crippen LogP contribution >= 0.6 is 0 Å². The predicted molar refractivity (Wildman–Crippen MR) is 115 cm³/mol. The third kappa shape index (κ3) is 6.05. The second-order valence-corrected chi connectivity index (χ2v) is 9.54. The summed E-state index contributed by atoms with van der Waals surface area (Å²) in [6.07, 6.45) is 0.488. The first-order valence-electron chi connectivity index (χ1n) is 9.81. The molecule has 1 amide bonds. The van der Waals surface area contributed by atoms with Gasteiger partial charge in [0.1, 0.15) is 0 Å². The Kier molecular flexibility index (Phi) is 7.28. The fourth-order valence-electron chi connectivity index (χ4n) is 3.66. The summed E-state index contributed by atoms with van der Waals surface area (Å²) in [4.78, 5) is 17.0. The van der Waals surface area contributed by atoms with Crippen molar-refractivity contribution >= 4 is 21.4 Å². The van der Waals surface area contributed by atoms with Crippen molar-refractivity contribution in [3.63, 3.8) is 0 Å². The lowest BCUT2D eigenvalue weighted by Crippen LogP contribution is -2.47. The third-order valence-electron chi connectivity index (χ3n) is 5.17. The molecule has 1 heterocycles. The molecule has 0 spiro atoms. The molecule has 7 heteroatoms. The Morgan fingerprint density at radius 2 is 1.72 bits per heavy atom. The zero-order valence-corrected chi connectivity index (χ0v) is 17.6. The van der Waals surface area contributed by atoms with Crippen LogP contribution in [-0.2, 0) is 25.9 Å². The van der Waals surface area contributed by atoms with Crippen LogP contribution in [-0.4, -0.2) is 63.6 Å². The number of rotatable bonds is 9. The summed E-state index contributed by atoms with van der Waals surface area (Å²) in [5.74, 6) is 0.0942. The number of hydrogen-bond acceptors (Lipinski definition) is 5. The van der Waals surface area contributed by atoms with E-state index in [1.54, 1.807) is 12.0 Å². The van der Waals surface area contributed by atoms with Gasteiger partial charge in [-0.05, 0) is 24.1 Å². The molecule has 6 nitrogen and oxygen atoms in total. The number of para-hydroxylation sites is 1. The molecule has 2 aromatic carbocycles. The van der Waals surface area contributed by atoms with Gasteiger partial charge in [0.2, 0.25) is 5.91 Å². The zero-order chi connectivity index (χ0) is 20.7. The third-order valence-corrected chi connectivity index (χ3v) is 6.92. The molecule has 0 bridgehead atoms. The first-order valence-corrected chi connectivity index (χ1v) is 11.6. The lowest BCUT2D eigenvalue weighted by atomic mass is 10.1. The van der Waals surface area contributed by atoms with Crippen LogP contribution in [0.1, 0.15) is 12.0 Å². The molecule has 29 heavy (non-hydrogen) atoms. The minimum absolute atomic E-state index is 0.0342. The van der Waals surface area contributed by atoms with Crippen molar-refractivity contribution in [2.24, 2.45) is 0 Å². The highest BCUT2D eigenvalue weighted by molar-refractivity contribution is 7.91. The van der Waals surface area contributed by atoms with Crippen LogP contribution in [0.5, 0.6) is 0 Å². The monoisotopic (exact) mass is 416 g/mol. The Bertz CT molecular complexity index is 888. The predicted octanol–water partition coefficient (Wildman–Crippen LogP) is 2.36. The molecule has 1 aliphatic heterocycles. The number of benzene rings is 2. The average molecular weight is 417 g/mol. The van der Waals surface area contributed by atoms with Gasteiger partial charge in [-0.15, -0.1) is 0 Å². The van der Waals surface area contributed by atoms with Gasteiger partial charge < -0.3 is 14.5 Å². The van der Waals surface area contributed by atoms with Crippen molar-refractivity contribution in [1.29, 1.82) is 0 Å². The molecule has 0 radical (unpaired) electrons. The van der Waals surface area contributed by atoms with E-state index in [9.17, 15) is 13.2 Å². The van der Waals surface area contributed by atoms with Crippen molar-refractivity contribution in [2.45, 2.75) is 19.0 Å². The van der Waals surface area contributed by atoms with E-state index < -0.39 is 9.84 Å². The van der Waals surface area contributed by atoms with E-state index in [0.717, 1.165) is 11.3 Å². The SMILES string of the molecule is COCCN(C(=O)CN(Cc1ccccc1)c1ccccc1)C1CCS(=O)(=O)C1. The van der Waals surface area contributed by atoms with Gasteiger partial charge in [0.15, 0.2) is 9.84 Å². The van der Waals surface area contributed by atoms with Gasteiger partial charge in [0, 0.05) is 31.9 Å². The second-order valence-electron chi connectivity index (χ2n) is 7.31. The topological polar surface area (TPSA) is 66.9 Å². The van der Waals surface area contributed by atoms with E-state index in [-0.39, 0.29) is 30.0 Å². The molecule has 0 saturated carbocycles. The molecule has 1 fully saturated rings. The molecular formula is C22H28N2O4S. The molecule has 0 aromatic heterocycles. The van der Waals surface area contributed by atoms with Gasteiger partial charge in [-0.2, -0.15) is 0 Å². The molecule has 156 valence electrons. The van der Waals surface area contributed by atoms with E-state index in [0.29, 0.717) is 26.1 Å². The summed E-state index contributed by atoms with van der Waals surface area (Å²) in [5, 5.41) is 0. The number of methoxy groups -OCH3 is 1. The van der Waals surface area contributed by atoms with E-state index in [1.807, 2.05) is 65.6 Å². The van der Waals surface area contributed by atoms with Crippen molar-refractivity contribution in [2.75, 3.05) is 43.2 Å². The number of amides is 1. The van der Waals surface area contributed by atoms with Gasteiger partial charge in [-0.3, -0.25) is 4.79 Å². The summed E-state index contributed by atoms with van der Waals surface area (Å²) >= 11 is 0. The smallest absolute Gasteiger partial charge is 0.242 e. The summed E-state index contributed by atoms with van der Waals surface area (Å²) in [7, 11) is -1.49. The first-order chi connectivity index (χ1) is 14.0. The Morgan fingerprint density at radius 1 is 1.07 bits per heavy atom. The molecule has 0 aliphatic carbocycles. The van der Waals surface area contributed by atoms with E-state index in [4.69, 9.17) is 4.74 Å². The molecule has 2 aromatic rings. The average Bonchev–Trinajstić information content (AvgIpc) is 3.08. The van der Waals surface area contributed by atoms with Crippen LogP contribution in [0, 0.1) is 0 Å².